The van der Waals surface area contributed by atoms with Crippen LogP contribution in [0.2, 0.25) is 0 Å². The molecule has 0 atom stereocenters. The molecule has 5 heterocycles. The van der Waals surface area contributed by atoms with Crippen LogP contribution in [0.3, 0.4) is 0 Å². The number of furan rings is 1. The number of pyridine rings is 4. The summed E-state index contributed by atoms with van der Waals surface area (Å²) < 4.78 is 6.94. The number of hydrogen-bond acceptors (Lipinski definition) is 5. The molecule has 0 aliphatic heterocycles. The highest BCUT2D eigenvalue weighted by atomic mass is 16.3. The van der Waals surface area contributed by atoms with Crippen LogP contribution in [0, 0.1) is 0 Å². The average Bonchev–Trinajstić information content (AvgIpc) is 3.60. The summed E-state index contributed by atoms with van der Waals surface area (Å²) >= 11 is 0. The predicted octanol–water partition coefficient (Wildman–Crippen LogP) is 11.2. The van der Waals surface area contributed by atoms with E-state index in [0.717, 1.165) is 89.5 Å². The number of fused-ring (bicyclic) bond motifs is 3. The topological polar surface area (TPSA) is 64.7 Å². The summed E-state index contributed by atoms with van der Waals surface area (Å²) in [6.07, 6.45) is 3.58. The number of benzene rings is 4. The minimum Gasteiger partial charge on any atom is -0.453 e. The smallest absolute Gasteiger partial charge is 0.162 e. The zero-order chi connectivity index (χ0) is 32.6. The van der Waals surface area contributed by atoms with Crippen molar-refractivity contribution in [3.05, 3.63) is 170 Å². The maximum Gasteiger partial charge on any atom is 0.162 e. The summed E-state index contributed by atoms with van der Waals surface area (Å²) in [5.41, 5.74) is 11.8. The first-order valence-electron chi connectivity index (χ1n) is 16.2. The molecule has 0 aliphatic rings. The van der Waals surface area contributed by atoms with Crippen LogP contribution in [0.5, 0.6) is 0 Å². The molecule has 0 amide bonds. The van der Waals surface area contributed by atoms with Crippen LogP contribution < -0.4 is 0 Å². The van der Waals surface area contributed by atoms with E-state index in [2.05, 4.69) is 101 Å². The van der Waals surface area contributed by atoms with Crippen molar-refractivity contribution in [3.63, 3.8) is 0 Å². The fourth-order valence-corrected chi connectivity index (χ4v) is 6.51. The molecule has 5 aromatic heterocycles. The van der Waals surface area contributed by atoms with E-state index >= 15 is 0 Å². The first-order valence-corrected chi connectivity index (χ1v) is 16.2. The molecule has 5 nitrogen and oxygen atoms in total. The SMILES string of the molecule is c1ccc(-c2oc3c(-c4cccc(-c5cc(-c6ccccn6)nc(-c6ccccn6)c5)c4)nc4ccccc4c3c2-c2ccccc2)cc1. The maximum absolute atomic E-state index is 6.94. The van der Waals surface area contributed by atoms with Gasteiger partial charge in [-0.3, -0.25) is 9.97 Å². The number of para-hydroxylation sites is 1. The first kappa shape index (κ1) is 28.5. The van der Waals surface area contributed by atoms with Crippen molar-refractivity contribution in [2.24, 2.45) is 0 Å². The fraction of sp³-hybridized carbons (Fsp3) is 0. The molecule has 0 N–H and O–H groups in total. The standard InChI is InChI=1S/C44H28N4O/c1-3-14-29(15-4-1)40-41-34-20-7-8-21-35(34)48-42(44(41)49-43(40)30-16-5-2-6-17-30)32-19-13-18-31(26-32)33-27-38(36-22-9-11-24-45-36)47-39(28-33)37-23-10-12-25-46-37/h1-28H. The summed E-state index contributed by atoms with van der Waals surface area (Å²) in [6, 6.07) is 53.5. The highest BCUT2D eigenvalue weighted by molar-refractivity contribution is 6.18. The number of nitrogens with zero attached hydrogens (tertiary/aromatic N) is 4. The van der Waals surface area contributed by atoms with Crippen LogP contribution in [0.15, 0.2) is 175 Å². The minimum atomic E-state index is 0.756. The normalized spacial score (nSPS) is 11.3. The van der Waals surface area contributed by atoms with Gasteiger partial charge in [-0.25, -0.2) is 9.97 Å². The van der Waals surface area contributed by atoms with Crippen LogP contribution in [-0.4, -0.2) is 19.9 Å². The molecule has 4 aromatic carbocycles. The van der Waals surface area contributed by atoms with E-state index in [0.29, 0.717) is 0 Å². The third-order valence-electron chi connectivity index (χ3n) is 8.78. The molecule has 49 heavy (non-hydrogen) atoms. The molecule has 5 heteroatoms. The molecular weight excluding hydrogens is 601 g/mol. The third-order valence-corrected chi connectivity index (χ3v) is 8.78. The van der Waals surface area contributed by atoms with Gasteiger partial charge in [0.1, 0.15) is 11.5 Å². The Labute approximate surface area is 283 Å². The van der Waals surface area contributed by atoms with Gasteiger partial charge in [-0.1, -0.05) is 109 Å². The molecule has 0 spiro atoms. The van der Waals surface area contributed by atoms with Gasteiger partial charge >= 0.3 is 0 Å². The van der Waals surface area contributed by atoms with Crippen molar-refractivity contribution < 1.29 is 4.42 Å². The van der Waals surface area contributed by atoms with Gasteiger partial charge in [0, 0.05) is 39.9 Å². The van der Waals surface area contributed by atoms with Gasteiger partial charge in [0.2, 0.25) is 0 Å². The number of rotatable bonds is 6. The molecule has 0 saturated carbocycles. The largest absolute Gasteiger partial charge is 0.453 e. The first-order chi connectivity index (χ1) is 24.3. The molecule has 0 bridgehead atoms. The molecule has 0 saturated heterocycles. The summed E-state index contributed by atoms with van der Waals surface area (Å²) in [5.74, 6) is 0.825. The lowest BCUT2D eigenvalue weighted by Gasteiger charge is -2.11. The Morgan fingerprint density at radius 3 is 1.67 bits per heavy atom. The summed E-state index contributed by atoms with van der Waals surface area (Å²) in [6.45, 7) is 0. The Hall–Kier alpha value is -6.72. The second-order valence-corrected chi connectivity index (χ2v) is 11.9. The average molecular weight is 629 g/mol. The molecule has 0 radical (unpaired) electrons. The Bertz CT molecular complexity index is 2530. The molecule has 9 aromatic rings. The van der Waals surface area contributed by atoms with Crippen LogP contribution in [0.25, 0.3) is 89.5 Å². The molecule has 0 aliphatic carbocycles. The van der Waals surface area contributed by atoms with Crippen LogP contribution in [0.4, 0.5) is 0 Å². The molecule has 230 valence electrons. The van der Waals surface area contributed by atoms with Gasteiger partial charge < -0.3 is 4.42 Å². The monoisotopic (exact) mass is 628 g/mol. The van der Waals surface area contributed by atoms with E-state index in [1.165, 1.54) is 0 Å². The van der Waals surface area contributed by atoms with Crippen molar-refractivity contribution in [2.45, 2.75) is 0 Å². The quantitative estimate of drug-likeness (QED) is 0.183. The lowest BCUT2D eigenvalue weighted by atomic mass is 9.95. The maximum atomic E-state index is 6.94. The number of hydrogen-bond donors (Lipinski definition) is 0. The van der Waals surface area contributed by atoms with E-state index in [1.54, 1.807) is 12.4 Å². The predicted molar refractivity (Wildman–Crippen MR) is 198 cm³/mol. The van der Waals surface area contributed by atoms with Crippen molar-refractivity contribution >= 4 is 21.9 Å². The Balaban J connectivity index is 1.29. The highest BCUT2D eigenvalue weighted by Crippen LogP contribution is 2.46. The van der Waals surface area contributed by atoms with Crippen molar-refractivity contribution in [1.29, 1.82) is 0 Å². The Morgan fingerprint density at radius 2 is 1.00 bits per heavy atom. The summed E-state index contributed by atoms with van der Waals surface area (Å²) in [7, 11) is 0. The van der Waals surface area contributed by atoms with Crippen molar-refractivity contribution in [3.8, 4) is 67.6 Å². The number of aromatic nitrogens is 4. The zero-order valence-electron chi connectivity index (χ0n) is 26.4. The van der Waals surface area contributed by atoms with Gasteiger partial charge in [-0.05, 0) is 65.2 Å². The highest BCUT2D eigenvalue weighted by Gasteiger charge is 2.24. The summed E-state index contributed by atoms with van der Waals surface area (Å²) in [4.78, 5) is 19.4. The lowest BCUT2D eigenvalue weighted by Crippen LogP contribution is -1.94. The molecule has 0 fully saturated rings. The van der Waals surface area contributed by atoms with Crippen LogP contribution >= 0.6 is 0 Å². The molecule has 0 unspecified atom stereocenters. The van der Waals surface area contributed by atoms with Crippen molar-refractivity contribution in [1.82, 2.24) is 19.9 Å². The van der Waals surface area contributed by atoms with Crippen LogP contribution in [-0.2, 0) is 0 Å². The molecular formula is C44H28N4O. The summed E-state index contributed by atoms with van der Waals surface area (Å²) in [5, 5.41) is 2.10. The molecule has 9 rings (SSSR count). The zero-order valence-corrected chi connectivity index (χ0v) is 26.4. The fourth-order valence-electron chi connectivity index (χ4n) is 6.51. The Kier molecular flexibility index (Phi) is 7.06. The van der Waals surface area contributed by atoms with Gasteiger partial charge in [0.15, 0.2) is 5.58 Å². The van der Waals surface area contributed by atoms with Gasteiger partial charge in [0.25, 0.3) is 0 Å². The van der Waals surface area contributed by atoms with E-state index in [1.807, 2.05) is 66.7 Å². The lowest BCUT2D eigenvalue weighted by molar-refractivity contribution is 0.632. The van der Waals surface area contributed by atoms with Gasteiger partial charge in [0.05, 0.1) is 28.3 Å². The van der Waals surface area contributed by atoms with E-state index in [-0.39, 0.29) is 0 Å². The Morgan fingerprint density at radius 1 is 0.408 bits per heavy atom. The van der Waals surface area contributed by atoms with Crippen LogP contribution in [0.1, 0.15) is 0 Å². The minimum absolute atomic E-state index is 0.756. The second-order valence-electron chi connectivity index (χ2n) is 11.9. The second kappa shape index (κ2) is 12.1. The van der Waals surface area contributed by atoms with E-state index in [9.17, 15) is 0 Å². The third kappa shape index (κ3) is 5.24. The van der Waals surface area contributed by atoms with E-state index in [4.69, 9.17) is 14.4 Å². The van der Waals surface area contributed by atoms with E-state index < -0.39 is 0 Å². The van der Waals surface area contributed by atoms with Crippen molar-refractivity contribution in [2.75, 3.05) is 0 Å². The van der Waals surface area contributed by atoms with Gasteiger partial charge in [-0.2, -0.15) is 0 Å². The van der Waals surface area contributed by atoms with Gasteiger partial charge in [-0.15, -0.1) is 0 Å².